The van der Waals surface area contributed by atoms with Gasteiger partial charge in [0.2, 0.25) is 5.91 Å². The Bertz CT molecular complexity index is 687. The summed E-state index contributed by atoms with van der Waals surface area (Å²) in [5.41, 5.74) is 3.49. The van der Waals surface area contributed by atoms with Gasteiger partial charge < -0.3 is 4.74 Å². The van der Waals surface area contributed by atoms with Crippen molar-refractivity contribution in [3.63, 3.8) is 0 Å². The van der Waals surface area contributed by atoms with Gasteiger partial charge >= 0.3 is 0 Å². The minimum absolute atomic E-state index is 0.177. The van der Waals surface area contributed by atoms with E-state index in [1.807, 2.05) is 24.3 Å². The van der Waals surface area contributed by atoms with Crippen molar-refractivity contribution in [2.45, 2.75) is 45.4 Å². The Morgan fingerprint density at radius 3 is 2.58 bits per heavy atom. The molecule has 0 bridgehead atoms. The molecule has 1 aromatic carbocycles. The first-order chi connectivity index (χ1) is 12.5. The summed E-state index contributed by atoms with van der Waals surface area (Å²) in [6.07, 6.45) is 7.50. The van der Waals surface area contributed by atoms with E-state index >= 15 is 0 Å². The van der Waals surface area contributed by atoms with Gasteiger partial charge in [-0.15, -0.1) is 0 Å². The lowest BCUT2D eigenvalue weighted by Gasteiger charge is -2.15. The second-order valence-electron chi connectivity index (χ2n) is 5.99. The van der Waals surface area contributed by atoms with E-state index in [2.05, 4.69) is 12.3 Å². The molecule has 140 valence electrons. The van der Waals surface area contributed by atoms with Gasteiger partial charge in [0, 0.05) is 6.42 Å². The number of ether oxygens (including phenoxy) is 1. The van der Waals surface area contributed by atoms with E-state index in [-0.39, 0.29) is 11.8 Å². The molecule has 1 aliphatic heterocycles. The number of benzene rings is 1. The van der Waals surface area contributed by atoms with Crippen molar-refractivity contribution >= 4 is 46.2 Å². The topological polar surface area (TPSA) is 58.6 Å². The number of amides is 2. The lowest BCUT2D eigenvalue weighted by Crippen LogP contribution is -2.44. The highest BCUT2D eigenvalue weighted by Crippen LogP contribution is 2.31. The maximum atomic E-state index is 12.5. The number of carbonyl (C=O) groups is 2. The molecule has 1 N–H and O–H groups in total. The molecule has 5 nitrogen and oxygen atoms in total. The van der Waals surface area contributed by atoms with Gasteiger partial charge in [0.25, 0.3) is 5.91 Å². The Labute approximate surface area is 164 Å². The summed E-state index contributed by atoms with van der Waals surface area (Å²) < 4.78 is 5.46. The summed E-state index contributed by atoms with van der Waals surface area (Å²) in [7, 11) is 1.60. The number of carbonyl (C=O) groups excluding carboxylic acids is 2. The SMILES string of the molecule is CCCCCCCC(=O)NN1C(=O)/C(=C\c2ccc(OC)cc2)SC1=S. The molecule has 0 aromatic heterocycles. The fraction of sp³-hybridized carbons (Fsp3) is 0.421. The third-order valence-corrected chi connectivity index (χ3v) is 5.25. The van der Waals surface area contributed by atoms with Crippen LogP contribution >= 0.6 is 24.0 Å². The average molecular weight is 393 g/mol. The normalized spacial score (nSPS) is 15.6. The highest BCUT2D eigenvalue weighted by atomic mass is 32.2. The molecule has 2 amide bonds. The van der Waals surface area contributed by atoms with Gasteiger partial charge in [-0.3, -0.25) is 15.0 Å². The quantitative estimate of drug-likeness (QED) is 0.386. The van der Waals surface area contributed by atoms with Crippen LogP contribution in [0.15, 0.2) is 29.2 Å². The maximum Gasteiger partial charge on any atom is 0.285 e. The summed E-state index contributed by atoms with van der Waals surface area (Å²) in [5.74, 6) is 0.277. The zero-order valence-corrected chi connectivity index (χ0v) is 16.8. The van der Waals surface area contributed by atoms with Gasteiger partial charge in [-0.05, 0) is 42.4 Å². The summed E-state index contributed by atoms with van der Waals surface area (Å²) in [6, 6.07) is 7.38. The minimum Gasteiger partial charge on any atom is -0.497 e. The van der Waals surface area contributed by atoms with Crippen LogP contribution in [0.4, 0.5) is 0 Å². The molecule has 0 unspecified atom stereocenters. The Balaban J connectivity index is 1.91. The number of thioether (sulfide) groups is 1. The number of methoxy groups -OCH3 is 1. The van der Waals surface area contributed by atoms with E-state index in [1.54, 1.807) is 13.2 Å². The lowest BCUT2D eigenvalue weighted by molar-refractivity contribution is -0.133. The molecule has 0 aliphatic carbocycles. The number of nitrogens with zero attached hydrogens (tertiary/aromatic N) is 1. The first kappa shape index (κ1) is 20.5. The molecule has 0 spiro atoms. The number of unbranched alkanes of at least 4 members (excludes halogenated alkanes) is 4. The highest BCUT2D eigenvalue weighted by molar-refractivity contribution is 8.26. The van der Waals surface area contributed by atoms with Gasteiger partial charge in [-0.1, -0.05) is 56.5 Å². The first-order valence-corrected chi connectivity index (χ1v) is 9.99. The molecule has 1 heterocycles. The number of rotatable bonds is 9. The highest BCUT2D eigenvalue weighted by Gasteiger charge is 2.33. The van der Waals surface area contributed by atoms with Crippen LogP contribution in [0.1, 0.15) is 51.0 Å². The Morgan fingerprint density at radius 2 is 1.92 bits per heavy atom. The summed E-state index contributed by atoms with van der Waals surface area (Å²) in [4.78, 5) is 25.0. The van der Waals surface area contributed by atoms with Crippen LogP contribution in [0, 0.1) is 0 Å². The van der Waals surface area contributed by atoms with Crippen LogP contribution in [0.3, 0.4) is 0 Å². The van der Waals surface area contributed by atoms with Crippen molar-refractivity contribution in [1.29, 1.82) is 0 Å². The molecule has 1 saturated heterocycles. The Hall–Kier alpha value is -1.86. The molecule has 0 saturated carbocycles. The maximum absolute atomic E-state index is 12.5. The number of nitrogens with one attached hydrogen (secondary N) is 1. The van der Waals surface area contributed by atoms with Crippen LogP contribution in [0.5, 0.6) is 5.75 Å². The summed E-state index contributed by atoms with van der Waals surface area (Å²) in [5, 5.41) is 1.17. The zero-order valence-electron chi connectivity index (χ0n) is 15.1. The summed E-state index contributed by atoms with van der Waals surface area (Å²) in [6.45, 7) is 2.15. The van der Waals surface area contributed by atoms with E-state index < -0.39 is 0 Å². The minimum atomic E-state index is -0.296. The van der Waals surface area contributed by atoms with Crippen LogP contribution in [-0.4, -0.2) is 28.3 Å². The first-order valence-electron chi connectivity index (χ1n) is 8.76. The fourth-order valence-electron chi connectivity index (χ4n) is 2.49. The van der Waals surface area contributed by atoms with Crippen LogP contribution in [-0.2, 0) is 9.59 Å². The number of thiocarbonyl (C=S) groups is 1. The Kier molecular flexibility index (Phi) is 8.12. The van der Waals surface area contributed by atoms with Crippen molar-refractivity contribution in [2.75, 3.05) is 7.11 Å². The smallest absolute Gasteiger partial charge is 0.285 e. The second-order valence-corrected chi connectivity index (χ2v) is 7.67. The van der Waals surface area contributed by atoms with Gasteiger partial charge in [-0.25, -0.2) is 0 Å². The monoisotopic (exact) mass is 392 g/mol. The number of hydrogen-bond acceptors (Lipinski definition) is 5. The molecule has 7 heteroatoms. The molecule has 2 rings (SSSR count). The fourth-order valence-corrected chi connectivity index (χ4v) is 3.66. The molecule has 26 heavy (non-hydrogen) atoms. The van der Waals surface area contributed by atoms with Crippen molar-refractivity contribution in [3.8, 4) is 5.75 Å². The van der Waals surface area contributed by atoms with E-state index in [1.165, 1.54) is 29.6 Å². The molecular formula is C19H24N2O3S2. The number of hydrogen-bond donors (Lipinski definition) is 1. The van der Waals surface area contributed by atoms with Crippen molar-refractivity contribution in [2.24, 2.45) is 0 Å². The standard InChI is InChI=1S/C19H24N2O3S2/c1-3-4-5-6-7-8-17(22)20-21-18(23)16(26-19(21)25)13-14-9-11-15(24-2)12-10-14/h9-13H,3-8H2,1-2H3,(H,20,22)/b16-13+. The molecule has 1 fully saturated rings. The van der Waals surface area contributed by atoms with Gasteiger partial charge in [0.05, 0.1) is 12.0 Å². The predicted molar refractivity (Wildman–Crippen MR) is 110 cm³/mol. The second kappa shape index (κ2) is 10.3. The molecule has 1 aliphatic rings. The van der Waals surface area contributed by atoms with Crippen LogP contribution in [0.25, 0.3) is 6.08 Å². The molecule has 1 aromatic rings. The average Bonchev–Trinajstić information content (AvgIpc) is 2.89. The zero-order chi connectivity index (χ0) is 18.9. The van der Waals surface area contributed by atoms with Crippen molar-refractivity contribution < 1.29 is 14.3 Å². The van der Waals surface area contributed by atoms with E-state index in [9.17, 15) is 9.59 Å². The van der Waals surface area contributed by atoms with E-state index in [0.29, 0.717) is 15.6 Å². The van der Waals surface area contributed by atoms with E-state index in [4.69, 9.17) is 17.0 Å². The third kappa shape index (κ3) is 5.85. The van der Waals surface area contributed by atoms with Gasteiger partial charge in [-0.2, -0.15) is 5.01 Å². The molecule has 0 atom stereocenters. The predicted octanol–water partition coefficient (Wildman–Crippen LogP) is 4.29. The van der Waals surface area contributed by atoms with Gasteiger partial charge in [0.1, 0.15) is 5.75 Å². The largest absolute Gasteiger partial charge is 0.497 e. The lowest BCUT2D eigenvalue weighted by atomic mass is 10.1. The van der Waals surface area contributed by atoms with Gasteiger partial charge in [0.15, 0.2) is 4.32 Å². The van der Waals surface area contributed by atoms with Crippen molar-refractivity contribution in [3.05, 3.63) is 34.7 Å². The van der Waals surface area contributed by atoms with Crippen LogP contribution in [0.2, 0.25) is 0 Å². The summed E-state index contributed by atoms with van der Waals surface area (Å²) >= 11 is 6.42. The Morgan fingerprint density at radius 1 is 1.23 bits per heavy atom. The molecular weight excluding hydrogens is 368 g/mol. The van der Waals surface area contributed by atoms with Crippen molar-refractivity contribution in [1.82, 2.24) is 10.4 Å². The van der Waals surface area contributed by atoms with E-state index in [0.717, 1.165) is 30.6 Å². The third-order valence-electron chi connectivity index (χ3n) is 3.95. The molecule has 0 radical (unpaired) electrons. The number of hydrazine groups is 1. The van der Waals surface area contributed by atoms with Crippen LogP contribution < -0.4 is 10.2 Å².